The number of ether oxygens (including phenoxy) is 2. The maximum absolute atomic E-state index is 13.7. The van der Waals surface area contributed by atoms with Gasteiger partial charge in [0.1, 0.15) is 34.1 Å². The Morgan fingerprint density at radius 1 is 0.405 bits per heavy atom. The fraction of sp³-hybridized carbons (Fsp3) is 0.217. The van der Waals surface area contributed by atoms with Crippen molar-refractivity contribution in [2.45, 2.75) is 30.9 Å². The summed E-state index contributed by atoms with van der Waals surface area (Å²) in [6.07, 6.45) is -28.7. The minimum Gasteiger partial charge on any atom is -0.457 e. The molecule has 0 aromatic heterocycles. The molecule has 0 unspecified atom stereocenters. The van der Waals surface area contributed by atoms with Crippen LogP contribution in [0.3, 0.4) is 0 Å². The van der Waals surface area contributed by atoms with Crippen molar-refractivity contribution < 1.29 is 75.3 Å². The smallest absolute Gasteiger partial charge is 0.420 e. The van der Waals surface area contributed by atoms with Crippen molar-refractivity contribution in [3.63, 3.8) is 0 Å². The van der Waals surface area contributed by atoms with Crippen molar-refractivity contribution in [2.24, 2.45) is 0 Å². The molecule has 19 heteroatoms. The summed E-state index contributed by atoms with van der Waals surface area (Å²) in [5, 5.41) is 0. The molecule has 0 saturated carbocycles. The highest BCUT2D eigenvalue weighted by molar-refractivity contribution is 5.61. The first-order chi connectivity index (χ1) is 18.8. The molecule has 0 aliphatic heterocycles. The first-order valence-electron chi connectivity index (χ1n) is 10.5. The standard InChI is InChI=1S/C23H11F15N2O2/c24-19(25,26)9-2-1-8(41-12-5-3-10(39)15(20(27,28)29)17(12)22(33,34)35)7-14(9)42-13-6-4-11(40)16(21(30,31)32)18(13)23(36,37)38/h1-7H,39-40H2. The quantitative estimate of drug-likeness (QED) is 0.222. The predicted octanol–water partition coefficient (Wildman–Crippen LogP) is 9.53. The van der Waals surface area contributed by atoms with E-state index in [9.17, 15) is 65.9 Å². The molecule has 0 heterocycles. The number of benzene rings is 3. The van der Waals surface area contributed by atoms with E-state index in [1.54, 1.807) is 0 Å². The number of halogens is 15. The summed E-state index contributed by atoms with van der Waals surface area (Å²) < 4.78 is 212. The van der Waals surface area contributed by atoms with Crippen LogP contribution in [0.2, 0.25) is 0 Å². The van der Waals surface area contributed by atoms with Gasteiger partial charge in [-0.25, -0.2) is 0 Å². The van der Waals surface area contributed by atoms with Crippen molar-refractivity contribution in [3.05, 3.63) is 70.3 Å². The van der Waals surface area contributed by atoms with E-state index >= 15 is 0 Å². The van der Waals surface area contributed by atoms with E-state index in [1.165, 1.54) is 0 Å². The van der Waals surface area contributed by atoms with Crippen molar-refractivity contribution in [2.75, 3.05) is 11.5 Å². The summed E-state index contributed by atoms with van der Waals surface area (Å²) in [7, 11) is 0. The van der Waals surface area contributed by atoms with Crippen LogP contribution in [0.4, 0.5) is 77.2 Å². The lowest BCUT2D eigenvalue weighted by Crippen LogP contribution is -2.20. The zero-order valence-electron chi connectivity index (χ0n) is 19.7. The van der Waals surface area contributed by atoms with Gasteiger partial charge in [-0.2, -0.15) is 65.9 Å². The lowest BCUT2D eigenvalue weighted by molar-refractivity contribution is -0.162. The van der Waals surface area contributed by atoms with Crippen LogP contribution >= 0.6 is 0 Å². The normalized spacial score (nSPS) is 13.3. The van der Waals surface area contributed by atoms with Crippen molar-refractivity contribution in [1.29, 1.82) is 0 Å². The average molecular weight is 632 g/mol. The molecule has 3 rings (SSSR count). The molecule has 3 aromatic carbocycles. The predicted molar refractivity (Wildman–Crippen MR) is 113 cm³/mol. The Balaban J connectivity index is 2.25. The summed E-state index contributed by atoms with van der Waals surface area (Å²) in [4.78, 5) is 0. The van der Waals surface area contributed by atoms with Gasteiger partial charge in [-0.1, -0.05) is 0 Å². The van der Waals surface area contributed by atoms with Gasteiger partial charge in [0.05, 0.1) is 16.7 Å². The summed E-state index contributed by atoms with van der Waals surface area (Å²) in [6, 6.07) is 1.28. The summed E-state index contributed by atoms with van der Waals surface area (Å²) in [5.74, 6) is -6.36. The number of anilines is 2. The van der Waals surface area contributed by atoms with Gasteiger partial charge in [-0.15, -0.1) is 0 Å². The molecule has 0 spiro atoms. The third-order valence-electron chi connectivity index (χ3n) is 5.24. The fourth-order valence-corrected chi connectivity index (χ4v) is 3.67. The molecule has 0 radical (unpaired) electrons. The highest BCUT2D eigenvalue weighted by Crippen LogP contribution is 2.51. The largest absolute Gasteiger partial charge is 0.457 e. The van der Waals surface area contributed by atoms with E-state index in [2.05, 4.69) is 4.74 Å². The lowest BCUT2D eigenvalue weighted by atomic mass is 10.0. The van der Waals surface area contributed by atoms with Gasteiger partial charge < -0.3 is 20.9 Å². The number of hydrogen-bond donors (Lipinski definition) is 2. The second-order valence-corrected chi connectivity index (χ2v) is 8.16. The number of nitrogen functional groups attached to an aromatic ring is 2. The molecule has 4 nitrogen and oxygen atoms in total. The van der Waals surface area contributed by atoms with Gasteiger partial charge in [0.25, 0.3) is 0 Å². The van der Waals surface area contributed by atoms with Crippen LogP contribution in [0.1, 0.15) is 27.8 Å². The molecule has 0 fully saturated rings. The fourth-order valence-electron chi connectivity index (χ4n) is 3.67. The first-order valence-corrected chi connectivity index (χ1v) is 10.5. The van der Waals surface area contributed by atoms with E-state index in [0.29, 0.717) is 6.07 Å². The minimum absolute atomic E-state index is 0.00483. The molecule has 0 aliphatic carbocycles. The summed E-state index contributed by atoms with van der Waals surface area (Å²) >= 11 is 0. The Labute approximate surface area is 223 Å². The molecule has 0 saturated heterocycles. The molecular weight excluding hydrogens is 621 g/mol. The molecule has 0 amide bonds. The van der Waals surface area contributed by atoms with Crippen molar-refractivity contribution in [3.8, 4) is 23.0 Å². The first kappa shape index (κ1) is 32.3. The zero-order valence-corrected chi connectivity index (χ0v) is 19.7. The van der Waals surface area contributed by atoms with Gasteiger partial charge in [0, 0.05) is 17.4 Å². The highest BCUT2D eigenvalue weighted by Gasteiger charge is 2.49. The Morgan fingerprint density at radius 2 is 0.786 bits per heavy atom. The lowest BCUT2D eigenvalue weighted by Gasteiger charge is -2.23. The average Bonchev–Trinajstić information content (AvgIpc) is 2.77. The Bertz CT molecular complexity index is 1480. The van der Waals surface area contributed by atoms with Crippen LogP contribution < -0.4 is 20.9 Å². The molecule has 4 N–H and O–H groups in total. The van der Waals surface area contributed by atoms with Crippen LogP contribution in [-0.4, -0.2) is 0 Å². The van der Waals surface area contributed by atoms with Crippen LogP contribution in [0.25, 0.3) is 0 Å². The van der Waals surface area contributed by atoms with E-state index in [-0.39, 0.29) is 36.4 Å². The van der Waals surface area contributed by atoms with Gasteiger partial charge in [0.15, 0.2) is 0 Å². The number of hydrogen-bond acceptors (Lipinski definition) is 4. The van der Waals surface area contributed by atoms with E-state index in [0.717, 1.165) is 0 Å². The van der Waals surface area contributed by atoms with E-state index in [1.807, 2.05) is 0 Å². The second-order valence-electron chi connectivity index (χ2n) is 8.16. The molecule has 0 aliphatic rings. The van der Waals surface area contributed by atoms with E-state index in [4.69, 9.17) is 16.2 Å². The van der Waals surface area contributed by atoms with E-state index < -0.39 is 93.1 Å². The third kappa shape index (κ3) is 6.64. The van der Waals surface area contributed by atoms with Gasteiger partial charge in [-0.3, -0.25) is 0 Å². The number of nitrogens with two attached hydrogens (primary N) is 2. The number of rotatable bonds is 4. The van der Waals surface area contributed by atoms with Gasteiger partial charge in [0.2, 0.25) is 0 Å². The minimum atomic E-state index is -5.92. The van der Waals surface area contributed by atoms with Crippen molar-refractivity contribution >= 4 is 11.4 Å². The molecule has 42 heavy (non-hydrogen) atoms. The molecule has 0 atom stereocenters. The Morgan fingerprint density at radius 3 is 1.14 bits per heavy atom. The molecular formula is C23H11F15N2O2. The zero-order chi connectivity index (χ0) is 32.2. The SMILES string of the molecule is Nc1ccc(Oc2ccc(C(F)(F)F)c(Oc3ccc(N)c(C(F)(F)F)c3C(F)(F)F)c2)c(C(F)(F)F)c1C(F)(F)F. The van der Waals surface area contributed by atoms with Gasteiger partial charge >= 0.3 is 30.9 Å². The maximum atomic E-state index is 13.7. The van der Waals surface area contributed by atoms with Crippen LogP contribution in [0.5, 0.6) is 23.0 Å². The Hall–Kier alpha value is -4.19. The van der Waals surface area contributed by atoms with Gasteiger partial charge in [-0.05, 0) is 36.4 Å². The summed E-state index contributed by atoms with van der Waals surface area (Å²) in [6.45, 7) is 0. The van der Waals surface area contributed by atoms with Crippen LogP contribution in [0, 0.1) is 0 Å². The van der Waals surface area contributed by atoms with Crippen molar-refractivity contribution in [1.82, 2.24) is 0 Å². The molecule has 0 bridgehead atoms. The third-order valence-corrected chi connectivity index (χ3v) is 5.24. The maximum Gasteiger partial charge on any atom is 0.420 e. The highest BCUT2D eigenvalue weighted by atomic mass is 19.4. The van der Waals surface area contributed by atoms with Crippen LogP contribution in [0.15, 0.2) is 42.5 Å². The second kappa shape index (κ2) is 10.3. The summed E-state index contributed by atoms with van der Waals surface area (Å²) in [5.41, 5.74) is -4.80. The Kier molecular flexibility index (Phi) is 7.90. The molecule has 230 valence electrons. The monoisotopic (exact) mass is 632 g/mol. The molecule has 3 aromatic rings. The number of alkyl halides is 15. The van der Waals surface area contributed by atoms with Crippen LogP contribution in [-0.2, 0) is 30.9 Å². The topological polar surface area (TPSA) is 70.5 Å².